The largest absolute Gasteiger partial charge is 0.279 e. The smallest absolute Gasteiger partial charge is 0.261 e. The van der Waals surface area contributed by atoms with Crippen LogP contribution in [0.5, 0.6) is 0 Å². The summed E-state index contributed by atoms with van der Waals surface area (Å²) < 4.78 is 28.3. The fraction of sp³-hybridized carbons (Fsp3) is 0.200. The van der Waals surface area contributed by atoms with Crippen molar-refractivity contribution in [2.75, 3.05) is 4.72 Å². The predicted molar refractivity (Wildman–Crippen MR) is 99.9 cm³/mol. The maximum Gasteiger partial charge on any atom is 0.261 e. The molecular weight excluding hydrogens is 318 g/mol. The highest BCUT2D eigenvalue weighted by Crippen LogP contribution is 2.29. The lowest BCUT2D eigenvalue weighted by atomic mass is 9.97. The number of benzene rings is 3. The molecule has 0 aromatic heterocycles. The second-order valence-electron chi connectivity index (χ2n) is 6.01. The van der Waals surface area contributed by atoms with Crippen LogP contribution in [0.2, 0.25) is 0 Å². The molecule has 0 fully saturated rings. The lowest BCUT2D eigenvalue weighted by Gasteiger charge is -2.16. The summed E-state index contributed by atoms with van der Waals surface area (Å²) in [5.74, 6) is 0.292. The van der Waals surface area contributed by atoms with Crippen molar-refractivity contribution in [1.82, 2.24) is 0 Å². The van der Waals surface area contributed by atoms with Gasteiger partial charge in [0.15, 0.2) is 0 Å². The number of anilines is 1. The van der Waals surface area contributed by atoms with E-state index in [0.29, 0.717) is 11.6 Å². The molecule has 3 rings (SSSR count). The van der Waals surface area contributed by atoms with E-state index in [-0.39, 0.29) is 4.90 Å². The highest BCUT2D eigenvalue weighted by molar-refractivity contribution is 7.92. The first-order valence-corrected chi connectivity index (χ1v) is 9.60. The van der Waals surface area contributed by atoms with Gasteiger partial charge in [-0.2, -0.15) is 0 Å². The number of rotatable bonds is 5. The van der Waals surface area contributed by atoms with Crippen LogP contribution in [0.4, 0.5) is 5.69 Å². The normalized spacial score (nSPS) is 12.9. The first-order valence-electron chi connectivity index (χ1n) is 8.12. The van der Waals surface area contributed by atoms with E-state index in [4.69, 9.17) is 0 Å². The third-order valence-electron chi connectivity index (χ3n) is 4.38. The molecule has 3 nitrogen and oxygen atoms in total. The molecule has 124 valence electrons. The molecule has 0 aliphatic heterocycles. The number of fused-ring (bicyclic) bond motifs is 1. The topological polar surface area (TPSA) is 46.2 Å². The fourth-order valence-corrected chi connectivity index (χ4v) is 3.90. The summed E-state index contributed by atoms with van der Waals surface area (Å²) in [4.78, 5) is 0.278. The third-order valence-corrected chi connectivity index (χ3v) is 5.74. The molecule has 0 saturated carbocycles. The van der Waals surface area contributed by atoms with Gasteiger partial charge in [-0.3, -0.25) is 4.72 Å². The van der Waals surface area contributed by atoms with Crippen molar-refractivity contribution in [3.8, 4) is 0 Å². The highest BCUT2D eigenvalue weighted by Gasteiger charge is 2.17. The average molecular weight is 339 g/mol. The Labute approximate surface area is 143 Å². The Kier molecular flexibility index (Phi) is 4.58. The van der Waals surface area contributed by atoms with Crippen molar-refractivity contribution in [3.63, 3.8) is 0 Å². The first-order chi connectivity index (χ1) is 11.5. The molecule has 0 aliphatic rings. The molecule has 1 atom stereocenters. The summed E-state index contributed by atoms with van der Waals surface area (Å²) in [5, 5.41) is 1.94. The minimum Gasteiger partial charge on any atom is -0.279 e. The molecule has 0 heterocycles. The van der Waals surface area contributed by atoms with Crippen LogP contribution in [-0.2, 0) is 10.0 Å². The van der Waals surface area contributed by atoms with Crippen LogP contribution in [0.1, 0.15) is 31.7 Å². The minimum absolute atomic E-state index is 0.278. The second kappa shape index (κ2) is 6.65. The summed E-state index contributed by atoms with van der Waals surface area (Å²) in [6, 6.07) is 20.5. The van der Waals surface area contributed by atoms with Crippen molar-refractivity contribution < 1.29 is 8.42 Å². The van der Waals surface area contributed by atoms with Gasteiger partial charge >= 0.3 is 0 Å². The number of nitrogens with one attached hydrogen (secondary N) is 1. The molecule has 3 aromatic rings. The van der Waals surface area contributed by atoms with E-state index >= 15 is 0 Å². The van der Waals surface area contributed by atoms with Crippen LogP contribution >= 0.6 is 0 Å². The van der Waals surface area contributed by atoms with E-state index in [9.17, 15) is 8.42 Å². The maximum atomic E-state index is 12.8. The van der Waals surface area contributed by atoms with Crippen molar-refractivity contribution in [3.05, 3.63) is 72.3 Å². The van der Waals surface area contributed by atoms with Gasteiger partial charge < -0.3 is 0 Å². The minimum atomic E-state index is -3.62. The van der Waals surface area contributed by atoms with Gasteiger partial charge in [-0.15, -0.1) is 0 Å². The molecule has 0 aliphatic carbocycles. The molecule has 24 heavy (non-hydrogen) atoms. The Morgan fingerprint density at radius 3 is 2.33 bits per heavy atom. The van der Waals surface area contributed by atoms with Gasteiger partial charge in [0.05, 0.1) is 10.6 Å². The summed E-state index contributed by atoms with van der Waals surface area (Å²) in [6.07, 6.45) is 0.953. The van der Waals surface area contributed by atoms with Crippen LogP contribution in [0.3, 0.4) is 0 Å². The lowest BCUT2D eigenvalue weighted by molar-refractivity contribution is 0.601. The Morgan fingerprint density at radius 2 is 1.58 bits per heavy atom. The van der Waals surface area contributed by atoms with Crippen molar-refractivity contribution >= 4 is 26.5 Å². The molecule has 1 unspecified atom stereocenters. The summed E-state index contributed by atoms with van der Waals surface area (Å²) in [6.45, 7) is 4.20. The van der Waals surface area contributed by atoms with Crippen molar-refractivity contribution in [1.29, 1.82) is 0 Å². The molecule has 4 heteroatoms. The van der Waals surface area contributed by atoms with E-state index < -0.39 is 10.0 Å². The van der Waals surface area contributed by atoms with Gasteiger partial charge in [0.2, 0.25) is 0 Å². The zero-order chi connectivity index (χ0) is 17.2. The average Bonchev–Trinajstić information content (AvgIpc) is 2.60. The summed E-state index contributed by atoms with van der Waals surface area (Å²) in [7, 11) is -3.62. The van der Waals surface area contributed by atoms with Crippen molar-refractivity contribution in [2.45, 2.75) is 31.1 Å². The lowest BCUT2D eigenvalue weighted by Crippen LogP contribution is -2.14. The van der Waals surface area contributed by atoms with Crippen LogP contribution in [0, 0.1) is 0 Å². The summed E-state index contributed by atoms with van der Waals surface area (Å²) in [5.41, 5.74) is 1.67. The molecular formula is C20H21NO2S. The molecule has 1 N–H and O–H groups in total. The fourth-order valence-electron chi connectivity index (χ4n) is 2.78. The zero-order valence-corrected chi connectivity index (χ0v) is 14.7. The van der Waals surface area contributed by atoms with E-state index in [1.807, 2.05) is 54.6 Å². The van der Waals surface area contributed by atoms with E-state index in [1.54, 1.807) is 12.1 Å². The zero-order valence-electron chi connectivity index (χ0n) is 13.9. The monoisotopic (exact) mass is 339 g/mol. The highest BCUT2D eigenvalue weighted by atomic mass is 32.2. The SMILES string of the molecule is CCC(C)c1ccccc1NS(=O)(=O)c1ccc2ccccc2c1. The van der Waals surface area contributed by atoms with Gasteiger partial charge in [0.25, 0.3) is 10.0 Å². The van der Waals surface area contributed by atoms with Crippen LogP contribution in [-0.4, -0.2) is 8.42 Å². The van der Waals surface area contributed by atoms with Crippen LogP contribution in [0.25, 0.3) is 10.8 Å². The number of sulfonamides is 1. The standard InChI is InChI=1S/C20H21NO2S/c1-3-15(2)19-10-6-7-11-20(19)21-24(22,23)18-13-12-16-8-4-5-9-17(16)14-18/h4-15,21H,3H2,1-2H3. The van der Waals surface area contributed by atoms with Crippen molar-refractivity contribution in [2.24, 2.45) is 0 Å². The van der Waals surface area contributed by atoms with E-state index in [2.05, 4.69) is 18.6 Å². The number of para-hydroxylation sites is 1. The number of hydrogen-bond acceptors (Lipinski definition) is 2. The van der Waals surface area contributed by atoms with Crippen LogP contribution in [0.15, 0.2) is 71.6 Å². The van der Waals surface area contributed by atoms with E-state index in [0.717, 1.165) is 22.8 Å². The molecule has 0 amide bonds. The quantitative estimate of drug-likeness (QED) is 0.698. The number of hydrogen-bond donors (Lipinski definition) is 1. The Hall–Kier alpha value is -2.33. The molecule has 3 aromatic carbocycles. The molecule has 0 bridgehead atoms. The first kappa shape index (κ1) is 16.5. The Bertz CT molecular complexity index is 964. The summed E-state index contributed by atoms with van der Waals surface area (Å²) >= 11 is 0. The van der Waals surface area contributed by atoms with Crippen LogP contribution < -0.4 is 4.72 Å². The molecule has 0 spiro atoms. The Morgan fingerprint density at radius 1 is 0.917 bits per heavy atom. The van der Waals surface area contributed by atoms with Gasteiger partial charge in [-0.1, -0.05) is 62.4 Å². The maximum absolute atomic E-state index is 12.8. The molecule has 0 radical (unpaired) electrons. The third kappa shape index (κ3) is 3.29. The van der Waals surface area contributed by atoms with Gasteiger partial charge in [0, 0.05) is 0 Å². The predicted octanol–water partition coefficient (Wildman–Crippen LogP) is 5.15. The molecule has 0 saturated heterocycles. The Balaban J connectivity index is 1.99. The van der Waals surface area contributed by atoms with Gasteiger partial charge in [-0.25, -0.2) is 8.42 Å². The van der Waals surface area contributed by atoms with Gasteiger partial charge in [0.1, 0.15) is 0 Å². The van der Waals surface area contributed by atoms with Gasteiger partial charge in [-0.05, 0) is 46.9 Å². The second-order valence-corrected chi connectivity index (χ2v) is 7.69. The van der Waals surface area contributed by atoms with E-state index in [1.165, 1.54) is 0 Å².